The monoisotopic (exact) mass is 268 g/mol. The minimum absolute atomic E-state index is 1.07. The smallest absolute Gasteiger partial charge is 0.0711 e. The van der Waals surface area contributed by atoms with Crippen LogP contribution in [0.25, 0.3) is 10.9 Å². The van der Waals surface area contributed by atoms with Gasteiger partial charge < -0.3 is 0 Å². The molecule has 2 rings (SSSR count). The van der Waals surface area contributed by atoms with Gasteiger partial charge in [-0.1, -0.05) is 70.1 Å². The maximum absolute atomic E-state index is 4.70. The summed E-state index contributed by atoms with van der Waals surface area (Å²) in [6, 6.07) is 13.6. The molecule has 0 bridgehead atoms. The molecule has 1 radical (unpaired) electrons. The highest BCUT2D eigenvalue weighted by Crippen LogP contribution is 2.14. The van der Waals surface area contributed by atoms with Crippen LogP contribution in [0.5, 0.6) is 0 Å². The van der Waals surface area contributed by atoms with Gasteiger partial charge in [0.05, 0.1) is 5.52 Å². The highest BCUT2D eigenvalue weighted by molar-refractivity contribution is 5.77. The molecular formula is C19H26N. The van der Waals surface area contributed by atoms with Crippen molar-refractivity contribution >= 4 is 10.9 Å². The summed E-state index contributed by atoms with van der Waals surface area (Å²) in [6.07, 6.45) is 12.0. The second kappa shape index (κ2) is 8.73. The number of fused-ring (bicyclic) bond motifs is 1. The first-order chi connectivity index (χ1) is 9.90. The van der Waals surface area contributed by atoms with Crippen molar-refractivity contribution in [1.82, 2.24) is 4.98 Å². The molecule has 20 heavy (non-hydrogen) atoms. The fourth-order valence-corrected chi connectivity index (χ4v) is 2.61. The Balaban J connectivity index is 1.65. The van der Waals surface area contributed by atoms with Crippen molar-refractivity contribution in [2.24, 2.45) is 0 Å². The zero-order chi connectivity index (χ0) is 14.0. The van der Waals surface area contributed by atoms with Crippen LogP contribution >= 0.6 is 0 Å². The second-order valence-corrected chi connectivity index (χ2v) is 5.63. The minimum Gasteiger partial charge on any atom is -0.253 e. The maximum Gasteiger partial charge on any atom is 0.0711 e. The first-order valence-electron chi connectivity index (χ1n) is 8.16. The first-order valence-corrected chi connectivity index (χ1v) is 8.16. The molecule has 0 fully saturated rings. The molecule has 0 aliphatic carbocycles. The van der Waals surface area contributed by atoms with Gasteiger partial charge in [-0.25, -0.2) is 0 Å². The van der Waals surface area contributed by atoms with E-state index in [9.17, 15) is 0 Å². The van der Waals surface area contributed by atoms with Gasteiger partial charge in [0.15, 0.2) is 0 Å². The van der Waals surface area contributed by atoms with Crippen molar-refractivity contribution in [1.29, 1.82) is 0 Å². The molecule has 0 aliphatic heterocycles. The minimum atomic E-state index is 1.07. The molecule has 1 aromatic carbocycles. The fourth-order valence-electron chi connectivity index (χ4n) is 2.61. The third-order valence-corrected chi connectivity index (χ3v) is 3.85. The molecule has 1 heterocycles. The lowest BCUT2D eigenvalue weighted by Gasteiger charge is -2.03. The van der Waals surface area contributed by atoms with E-state index in [4.69, 9.17) is 4.98 Å². The number of rotatable bonds is 9. The third kappa shape index (κ3) is 4.96. The van der Waals surface area contributed by atoms with E-state index in [2.05, 4.69) is 31.2 Å². The molecule has 1 heteroatoms. The summed E-state index contributed by atoms with van der Waals surface area (Å²) in [4.78, 5) is 4.70. The van der Waals surface area contributed by atoms with E-state index in [1.165, 1.54) is 57.1 Å². The molecule has 1 nitrogen and oxygen atoms in total. The lowest BCUT2D eigenvalue weighted by molar-refractivity contribution is 0.574. The molecule has 2 aromatic rings. The van der Waals surface area contributed by atoms with Crippen LogP contribution in [0.1, 0.15) is 64.0 Å². The summed E-state index contributed by atoms with van der Waals surface area (Å²) in [5.41, 5.74) is 2.26. The van der Waals surface area contributed by atoms with E-state index in [-0.39, 0.29) is 0 Å². The Morgan fingerprint density at radius 1 is 0.900 bits per heavy atom. The highest BCUT2D eigenvalue weighted by Gasteiger charge is 1.98. The highest BCUT2D eigenvalue weighted by atomic mass is 14.7. The molecule has 0 saturated carbocycles. The fraction of sp³-hybridized carbons (Fsp3) is 0.526. The quantitative estimate of drug-likeness (QED) is 0.530. The van der Waals surface area contributed by atoms with Crippen molar-refractivity contribution in [3.63, 3.8) is 0 Å². The molecule has 0 aliphatic rings. The Morgan fingerprint density at radius 3 is 2.40 bits per heavy atom. The predicted molar refractivity (Wildman–Crippen MR) is 86.9 cm³/mol. The zero-order valence-corrected chi connectivity index (χ0v) is 12.7. The van der Waals surface area contributed by atoms with Crippen molar-refractivity contribution in [2.45, 2.75) is 64.7 Å². The molecule has 0 amide bonds. The topological polar surface area (TPSA) is 12.9 Å². The van der Waals surface area contributed by atoms with Gasteiger partial charge in [0.25, 0.3) is 0 Å². The number of para-hydroxylation sites is 1. The Kier molecular flexibility index (Phi) is 6.56. The summed E-state index contributed by atoms with van der Waals surface area (Å²) >= 11 is 0. The number of aryl methyl sites for hydroxylation is 1. The molecule has 107 valence electrons. The summed E-state index contributed by atoms with van der Waals surface area (Å²) in [7, 11) is 0. The largest absolute Gasteiger partial charge is 0.253 e. The van der Waals surface area contributed by atoms with Crippen molar-refractivity contribution < 1.29 is 0 Å². The van der Waals surface area contributed by atoms with E-state index in [0.29, 0.717) is 0 Å². The average Bonchev–Trinajstić information content (AvgIpc) is 2.50. The number of nitrogens with zero attached hydrogens (tertiary/aromatic N) is 1. The SMILES string of the molecule is CCCCCCCCCCc1c[c]c2ccccc2n1. The zero-order valence-electron chi connectivity index (χ0n) is 12.7. The lowest BCUT2D eigenvalue weighted by Crippen LogP contribution is -1.91. The van der Waals surface area contributed by atoms with E-state index in [0.717, 1.165) is 17.3 Å². The first kappa shape index (κ1) is 15.0. The number of pyridine rings is 1. The van der Waals surface area contributed by atoms with Crippen molar-refractivity contribution in [3.8, 4) is 0 Å². The van der Waals surface area contributed by atoms with Gasteiger partial charge in [0.1, 0.15) is 0 Å². The molecule has 1 aromatic heterocycles. The van der Waals surface area contributed by atoms with Gasteiger partial charge in [-0.15, -0.1) is 0 Å². The van der Waals surface area contributed by atoms with Gasteiger partial charge in [-0.05, 0) is 31.0 Å². The van der Waals surface area contributed by atoms with Crippen LogP contribution in [-0.2, 0) is 6.42 Å². The molecule has 0 saturated heterocycles. The van der Waals surface area contributed by atoms with Crippen LogP contribution in [0, 0.1) is 6.07 Å². The van der Waals surface area contributed by atoms with Crippen LogP contribution in [0.2, 0.25) is 0 Å². The van der Waals surface area contributed by atoms with Gasteiger partial charge in [0.2, 0.25) is 0 Å². The Hall–Kier alpha value is -1.37. The number of aromatic nitrogens is 1. The van der Waals surface area contributed by atoms with Crippen LogP contribution in [0.15, 0.2) is 30.3 Å². The third-order valence-electron chi connectivity index (χ3n) is 3.85. The Morgan fingerprint density at radius 2 is 1.60 bits per heavy atom. The van der Waals surface area contributed by atoms with Crippen LogP contribution in [-0.4, -0.2) is 4.98 Å². The van der Waals surface area contributed by atoms with Gasteiger partial charge in [-0.3, -0.25) is 4.98 Å². The summed E-state index contributed by atoms with van der Waals surface area (Å²) in [5, 5.41) is 1.12. The Bertz CT molecular complexity index is 504. The normalized spacial score (nSPS) is 11.1. The van der Waals surface area contributed by atoms with E-state index in [1.807, 2.05) is 12.1 Å². The molecule has 0 unspecified atom stereocenters. The van der Waals surface area contributed by atoms with Gasteiger partial charge in [0, 0.05) is 11.1 Å². The average molecular weight is 268 g/mol. The number of hydrogen-bond donors (Lipinski definition) is 0. The van der Waals surface area contributed by atoms with Crippen molar-refractivity contribution in [3.05, 3.63) is 42.1 Å². The molecular weight excluding hydrogens is 242 g/mol. The molecule has 0 spiro atoms. The summed E-state index contributed by atoms with van der Waals surface area (Å²) < 4.78 is 0. The standard InChI is InChI=1S/C19H26N/c1-2-3-4-5-6-7-8-9-13-18-16-15-17-12-10-11-14-19(17)20-18/h10-12,14,16H,2-9,13H2,1H3. The van der Waals surface area contributed by atoms with E-state index >= 15 is 0 Å². The van der Waals surface area contributed by atoms with E-state index < -0.39 is 0 Å². The van der Waals surface area contributed by atoms with Crippen molar-refractivity contribution in [2.75, 3.05) is 0 Å². The predicted octanol–water partition coefficient (Wildman–Crippen LogP) is 5.72. The molecule has 0 N–H and O–H groups in total. The van der Waals surface area contributed by atoms with E-state index in [1.54, 1.807) is 0 Å². The number of benzene rings is 1. The Labute approximate surface area is 123 Å². The van der Waals surface area contributed by atoms with Crippen LogP contribution in [0.3, 0.4) is 0 Å². The van der Waals surface area contributed by atoms with Crippen LogP contribution in [0.4, 0.5) is 0 Å². The van der Waals surface area contributed by atoms with Gasteiger partial charge >= 0.3 is 0 Å². The summed E-state index contributed by atoms with van der Waals surface area (Å²) in [6.45, 7) is 2.27. The van der Waals surface area contributed by atoms with Gasteiger partial charge in [-0.2, -0.15) is 0 Å². The number of hydrogen-bond acceptors (Lipinski definition) is 1. The summed E-state index contributed by atoms with van der Waals surface area (Å²) in [5.74, 6) is 0. The van der Waals surface area contributed by atoms with Crippen LogP contribution < -0.4 is 0 Å². The maximum atomic E-state index is 4.70. The molecule has 0 atom stereocenters. The number of unbranched alkanes of at least 4 members (excludes halogenated alkanes) is 7. The second-order valence-electron chi connectivity index (χ2n) is 5.63. The lowest BCUT2D eigenvalue weighted by atomic mass is 10.1.